The highest BCUT2D eigenvalue weighted by Crippen LogP contribution is 2.41. The Morgan fingerprint density at radius 1 is 1.12 bits per heavy atom. The van der Waals surface area contributed by atoms with Crippen LogP contribution in [-0.2, 0) is 13.0 Å². The molecule has 0 spiro atoms. The topological polar surface area (TPSA) is 73.1 Å². The Labute approximate surface area is 202 Å². The molecule has 4 heterocycles. The van der Waals surface area contributed by atoms with Crippen LogP contribution in [0, 0.1) is 5.92 Å². The molecule has 4 unspecified atom stereocenters. The second-order valence-corrected chi connectivity index (χ2v) is 11.0. The first-order chi connectivity index (χ1) is 16.5. The van der Waals surface area contributed by atoms with Crippen LogP contribution in [-0.4, -0.2) is 32.6 Å². The number of rotatable bonds is 7. The molecule has 0 radical (unpaired) electrons. The van der Waals surface area contributed by atoms with Crippen molar-refractivity contribution in [1.29, 1.82) is 0 Å². The van der Waals surface area contributed by atoms with Gasteiger partial charge in [-0.3, -0.25) is 0 Å². The number of aromatic nitrogens is 2. The summed E-state index contributed by atoms with van der Waals surface area (Å²) in [7, 11) is 0. The first-order valence-electron chi connectivity index (χ1n) is 13.1. The number of fused-ring (bicyclic) bond motifs is 3. The zero-order valence-corrected chi connectivity index (χ0v) is 20.3. The van der Waals surface area contributed by atoms with Crippen LogP contribution in [0.3, 0.4) is 0 Å². The molecule has 2 aromatic heterocycles. The largest absolute Gasteiger partial charge is 0.398 e. The van der Waals surface area contributed by atoms with Crippen molar-refractivity contribution in [3.8, 4) is 0 Å². The lowest BCUT2D eigenvalue weighted by Crippen LogP contribution is -2.49. The zero-order valence-electron chi connectivity index (χ0n) is 20.3. The molecule has 0 amide bonds. The molecule has 2 bridgehead atoms. The minimum Gasteiger partial charge on any atom is -0.398 e. The third-order valence-electron chi connectivity index (χ3n) is 8.52. The van der Waals surface area contributed by atoms with E-state index in [2.05, 4.69) is 53.3 Å². The molecule has 3 fully saturated rings. The van der Waals surface area contributed by atoms with E-state index in [9.17, 15) is 0 Å². The zero-order chi connectivity index (χ0) is 23.4. The highest BCUT2D eigenvalue weighted by atomic mass is 15.2. The van der Waals surface area contributed by atoms with Gasteiger partial charge in [0.2, 0.25) is 0 Å². The molecule has 3 aliphatic rings. The van der Waals surface area contributed by atoms with Gasteiger partial charge in [0.15, 0.2) is 0 Å². The molecule has 2 saturated heterocycles. The van der Waals surface area contributed by atoms with Crippen molar-refractivity contribution in [3.63, 3.8) is 0 Å². The molecular weight excluding hydrogens is 418 g/mol. The molecule has 4 atom stereocenters. The minimum atomic E-state index is 0.254. The molecule has 1 aromatic carbocycles. The van der Waals surface area contributed by atoms with Gasteiger partial charge in [-0.1, -0.05) is 25.6 Å². The summed E-state index contributed by atoms with van der Waals surface area (Å²) in [6.07, 6.45) is 10.2. The second kappa shape index (κ2) is 8.46. The average Bonchev–Trinajstić information content (AvgIpc) is 3.49. The quantitative estimate of drug-likeness (QED) is 0.474. The Hall–Kier alpha value is -2.79. The Morgan fingerprint density at radius 3 is 2.74 bits per heavy atom. The van der Waals surface area contributed by atoms with Crippen LogP contribution in [0.1, 0.15) is 68.2 Å². The second-order valence-electron chi connectivity index (χ2n) is 11.0. The first kappa shape index (κ1) is 21.7. The predicted octanol–water partition coefficient (Wildman–Crippen LogP) is 5.30. The average molecular weight is 456 g/mol. The summed E-state index contributed by atoms with van der Waals surface area (Å²) in [5, 5.41) is 1.24. The number of pyridine rings is 1. The van der Waals surface area contributed by atoms with Gasteiger partial charge in [-0.25, -0.2) is 4.98 Å². The summed E-state index contributed by atoms with van der Waals surface area (Å²) in [5.41, 5.74) is 19.8. The number of nitrogens with two attached hydrogens (primary N) is 2. The fraction of sp³-hybridized carbons (Fsp3) is 0.483. The standard InChI is InChI=1S/C29H37N5/c1-18(28-16-23-4-3-13-32-29(23)33(28)17-20-5-6-20)14-22-8-7-21(15-26(22)31)19(2)34-24-9-11-25(30)27(34)12-10-24/h3-4,7-8,13,15-16,18,20,24-25,27H,2,5-6,9-12,14,17,30-31H2,1H3. The normalized spacial score (nSPS) is 25.1. The van der Waals surface area contributed by atoms with E-state index in [4.69, 9.17) is 16.5 Å². The fourth-order valence-electron chi connectivity index (χ4n) is 6.42. The van der Waals surface area contributed by atoms with Gasteiger partial charge in [0.05, 0.1) is 0 Å². The molecule has 34 heavy (non-hydrogen) atoms. The molecule has 178 valence electrons. The van der Waals surface area contributed by atoms with Gasteiger partial charge in [-0.2, -0.15) is 0 Å². The smallest absolute Gasteiger partial charge is 0.140 e. The predicted molar refractivity (Wildman–Crippen MR) is 140 cm³/mol. The lowest BCUT2D eigenvalue weighted by atomic mass is 9.93. The van der Waals surface area contributed by atoms with Crippen LogP contribution in [0.15, 0.2) is 49.2 Å². The van der Waals surface area contributed by atoms with Gasteiger partial charge in [0.1, 0.15) is 5.65 Å². The summed E-state index contributed by atoms with van der Waals surface area (Å²) in [6.45, 7) is 7.87. The molecule has 1 aliphatic carbocycles. The lowest BCUT2D eigenvalue weighted by molar-refractivity contribution is 0.197. The van der Waals surface area contributed by atoms with E-state index in [0.717, 1.165) is 47.9 Å². The van der Waals surface area contributed by atoms with Gasteiger partial charge >= 0.3 is 0 Å². The molecule has 3 aromatic rings. The van der Waals surface area contributed by atoms with Crippen molar-refractivity contribution in [2.75, 3.05) is 5.73 Å². The fourth-order valence-corrected chi connectivity index (χ4v) is 6.42. The van der Waals surface area contributed by atoms with E-state index in [1.165, 1.54) is 48.7 Å². The molecular formula is C29H37N5. The van der Waals surface area contributed by atoms with Crippen LogP contribution in [0.4, 0.5) is 5.69 Å². The lowest BCUT2D eigenvalue weighted by Gasteiger charge is -2.41. The monoisotopic (exact) mass is 455 g/mol. The van der Waals surface area contributed by atoms with E-state index in [-0.39, 0.29) is 6.04 Å². The Balaban J connectivity index is 1.23. The third-order valence-corrected chi connectivity index (χ3v) is 8.52. The van der Waals surface area contributed by atoms with E-state index in [1.807, 2.05) is 12.3 Å². The maximum absolute atomic E-state index is 6.63. The molecule has 5 nitrogen and oxygen atoms in total. The molecule has 5 heteroatoms. The molecule has 1 saturated carbocycles. The first-order valence-corrected chi connectivity index (χ1v) is 13.1. The summed E-state index contributed by atoms with van der Waals surface area (Å²) >= 11 is 0. The van der Waals surface area contributed by atoms with Crippen LogP contribution >= 0.6 is 0 Å². The Morgan fingerprint density at radius 2 is 1.94 bits per heavy atom. The van der Waals surface area contributed by atoms with Gasteiger partial charge in [-0.15, -0.1) is 0 Å². The number of hydrogen-bond donors (Lipinski definition) is 2. The Bertz CT molecular complexity index is 1220. The van der Waals surface area contributed by atoms with Crippen molar-refractivity contribution in [1.82, 2.24) is 14.5 Å². The molecule has 4 N–H and O–H groups in total. The minimum absolute atomic E-state index is 0.254. The maximum atomic E-state index is 6.63. The highest BCUT2D eigenvalue weighted by molar-refractivity contribution is 5.77. The summed E-state index contributed by atoms with van der Waals surface area (Å²) in [6, 6.07) is 14.4. The van der Waals surface area contributed by atoms with Crippen molar-refractivity contribution in [3.05, 3.63) is 66.0 Å². The van der Waals surface area contributed by atoms with Crippen LogP contribution < -0.4 is 11.5 Å². The van der Waals surface area contributed by atoms with Gasteiger partial charge in [-0.05, 0) is 86.3 Å². The van der Waals surface area contributed by atoms with E-state index >= 15 is 0 Å². The number of piperidine rings is 1. The van der Waals surface area contributed by atoms with Crippen molar-refractivity contribution >= 4 is 22.4 Å². The number of anilines is 1. The number of benzene rings is 1. The summed E-state index contributed by atoms with van der Waals surface area (Å²) < 4.78 is 2.46. The molecule has 2 aliphatic heterocycles. The van der Waals surface area contributed by atoms with Crippen molar-refractivity contribution in [2.24, 2.45) is 11.7 Å². The Kier molecular flexibility index (Phi) is 5.40. The van der Waals surface area contributed by atoms with Gasteiger partial charge < -0.3 is 20.9 Å². The number of hydrogen-bond acceptors (Lipinski definition) is 4. The van der Waals surface area contributed by atoms with Crippen LogP contribution in [0.2, 0.25) is 0 Å². The SMILES string of the molecule is C=C(c1ccc(CC(C)c2cc3cccnc3n2CC2CC2)c(N)c1)N1C2CCC(N)C1CC2. The van der Waals surface area contributed by atoms with Crippen LogP contribution in [0.25, 0.3) is 16.7 Å². The van der Waals surface area contributed by atoms with E-state index in [0.29, 0.717) is 18.0 Å². The van der Waals surface area contributed by atoms with Crippen LogP contribution in [0.5, 0.6) is 0 Å². The summed E-state index contributed by atoms with van der Waals surface area (Å²) in [4.78, 5) is 7.20. The van der Waals surface area contributed by atoms with E-state index < -0.39 is 0 Å². The van der Waals surface area contributed by atoms with Gasteiger partial charge in [0, 0.05) is 59.2 Å². The van der Waals surface area contributed by atoms with Gasteiger partial charge in [0.25, 0.3) is 0 Å². The number of nitrogen functional groups attached to an aromatic ring is 1. The van der Waals surface area contributed by atoms with Crippen molar-refractivity contribution < 1.29 is 0 Å². The molecule has 6 rings (SSSR count). The van der Waals surface area contributed by atoms with Crippen molar-refractivity contribution in [2.45, 2.75) is 82.5 Å². The summed E-state index contributed by atoms with van der Waals surface area (Å²) in [5.74, 6) is 1.16. The van der Waals surface area contributed by atoms with E-state index in [1.54, 1.807) is 0 Å². The maximum Gasteiger partial charge on any atom is 0.140 e. The highest BCUT2D eigenvalue weighted by Gasteiger charge is 2.41. The number of nitrogens with zero attached hydrogens (tertiary/aromatic N) is 3. The third kappa shape index (κ3) is 3.80.